The third-order valence-corrected chi connectivity index (χ3v) is 7.65. The van der Waals surface area contributed by atoms with Crippen LogP contribution in [0.15, 0.2) is 0 Å². The zero-order chi connectivity index (χ0) is 21.4. The molecule has 0 aromatic carbocycles. The predicted octanol–water partition coefficient (Wildman–Crippen LogP) is 1.10. The molecule has 9 heteroatoms. The van der Waals surface area contributed by atoms with E-state index in [2.05, 4.69) is 32.6 Å². The smallest absolute Gasteiger partial charge is 0.282 e. The van der Waals surface area contributed by atoms with Gasteiger partial charge in [0.2, 0.25) is 5.91 Å². The first-order valence-electron chi connectivity index (χ1n) is 11.0. The lowest BCUT2D eigenvalue weighted by Crippen LogP contribution is -2.56. The molecular formula is C20H40N4O4S. The molecule has 2 aliphatic rings. The Morgan fingerprint density at radius 1 is 0.897 bits per heavy atom. The van der Waals surface area contributed by atoms with Crippen LogP contribution in [0.25, 0.3) is 0 Å². The van der Waals surface area contributed by atoms with Crippen molar-refractivity contribution in [2.45, 2.75) is 40.5 Å². The van der Waals surface area contributed by atoms with Crippen LogP contribution in [0.2, 0.25) is 0 Å². The molecule has 8 nitrogen and oxygen atoms in total. The van der Waals surface area contributed by atoms with Gasteiger partial charge in [-0.25, -0.2) is 0 Å². The van der Waals surface area contributed by atoms with Gasteiger partial charge in [-0.05, 0) is 24.7 Å². The number of nitrogens with zero attached hydrogens (tertiary/aromatic N) is 4. The number of hydrogen-bond donors (Lipinski definition) is 0. The van der Waals surface area contributed by atoms with Crippen LogP contribution < -0.4 is 0 Å². The van der Waals surface area contributed by atoms with Gasteiger partial charge in [-0.3, -0.25) is 9.69 Å². The van der Waals surface area contributed by atoms with E-state index in [0.717, 1.165) is 25.9 Å². The molecule has 0 radical (unpaired) electrons. The summed E-state index contributed by atoms with van der Waals surface area (Å²) in [5.74, 6) is 1.00. The molecule has 0 aliphatic carbocycles. The van der Waals surface area contributed by atoms with Gasteiger partial charge in [0, 0.05) is 52.4 Å². The Morgan fingerprint density at radius 3 is 1.90 bits per heavy atom. The second-order valence-electron chi connectivity index (χ2n) is 8.94. The van der Waals surface area contributed by atoms with Gasteiger partial charge < -0.3 is 9.64 Å². The molecule has 0 spiro atoms. The minimum absolute atomic E-state index is 0.0837. The van der Waals surface area contributed by atoms with Gasteiger partial charge in [0.1, 0.15) is 0 Å². The van der Waals surface area contributed by atoms with Gasteiger partial charge in [0.15, 0.2) is 0 Å². The van der Waals surface area contributed by atoms with Crippen molar-refractivity contribution in [2.75, 3.05) is 72.1 Å². The average molecular weight is 433 g/mol. The van der Waals surface area contributed by atoms with Crippen LogP contribution in [0.4, 0.5) is 0 Å². The second kappa shape index (κ2) is 11.6. The fraction of sp³-hybridized carbons (Fsp3) is 0.950. The summed E-state index contributed by atoms with van der Waals surface area (Å²) in [6, 6.07) is 0. The zero-order valence-electron chi connectivity index (χ0n) is 18.7. The fourth-order valence-electron chi connectivity index (χ4n) is 3.53. The summed E-state index contributed by atoms with van der Waals surface area (Å²) in [6.07, 6.45) is 1.71. The number of hydrogen-bond acceptors (Lipinski definition) is 5. The maximum atomic E-state index is 13.2. The van der Waals surface area contributed by atoms with Crippen LogP contribution in [0.3, 0.4) is 0 Å². The Kier molecular flexibility index (Phi) is 9.81. The quantitative estimate of drug-likeness (QED) is 0.517. The third kappa shape index (κ3) is 7.79. The molecule has 0 saturated carbocycles. The van der Waals surface area contributed by atoms with E-state index in [4.69, 9.17) is 4.74 Å². The highest BCUT2D eigenvalue weighted by Gasteiger charge is 2.33. The van der Waals surface area contributed by atoms with Gasteiger partial charge in [-0.2, -0.15) is 17.0 Å². The molecule has 2 saturated heterocycles. The van der Waals surface area contributed by atoms with E-state index in [1.807, 2.05) is 0 Å². The number of carbonyl (C=O) groups is 1. The van der Waals surface area contributed by atoms with Crippen molar-refractivity contribution >= 4 is 16.1 Å². The largest absolute Gasteiger partial charge is 0.379 e. The van der Waals surface area contributed by atoms with E-state index in [1.54, 1.807) is 13.5 Å². The summed E-state index contributed by atoms with van der Waals surface area (Å²) in [4.78, 5) is 16.5. The van der Waals surface area contributed by atoms with E-state index in [9.17, 15) is 13.2 Å². The van der Waals surface area contributed by atoms with Crippen molar-refractivity contribution in [3.05, 3.63) is 0 Å². The van der Waals surface area contributed by atoms with Crippen molar-refractivity contribution in [3.63, 3.8) is 0 Å². The standard InChI is InChI=1S/C20H40N4O4S/c1-18(2)5-7-23(8-6-19(3)4)29(26,27)24-11-9-22(10-12-24)20(25)17-21-13-15-28-16-14-21/h18-19H,5-17H2,1-4H3. The molecular weight excluding hydrogens is 392 g/mol. The third-order valence-electron chi connectivity index (χ3n) is 5.62. The first kappa shape index (κ1) is 24.5. The molecule has 2 aliphatic heterocycles. The highest BCUT2D eigenvalue weighted by Crippen LogP contribution is 2.17. The van der Waals surface area contributed by atoms with Gasteiger partial charge in [0.05, 0.1) is 19.8 Å². The van der Waals surface area contributed by atoms with Crippen LogP contribution in [-0.2, 0) is 19.7 Å². The Balaban J connectivity index is 1.90. The van der Waals surface area contributed by atoms with Crippen molar-refractivity contribution in [3.8, 4) is 0 Å². The normalized spacial score (nSPS) is 20.2. The predicted molar refractivity (Wildman–Crippen MR) is 115 cm³/mol. The Labute approximate surface area is 177 Å². The van der Waals surface area contributed by atoms with Crippen LogP contribution in [0.5, 0.6) is 0 Å². The van der Waals surface area contributed by atoms with Gasteiger partial charge in [-0.15, -0.1) is 0 Å². The maximum Gasteiger partial charge on any atom is 0.282 e. The number of morpholine rings is 1. The van der Waals surface area contributed by atoms with Crippen LogP contribution in [-0.4, -0.2) is 105 Å². The fourth-order valence-corrected chi connectivity index (χ4v) is 5.15. The van der Waals surface area contributed by atoms with Crippen LogP contribution in [0.1, 0.15) is 40.5 Å². The molecule has 0 atom stereocenters. The summed E-state index contributed by atoms with van der Waals surface area (Å²) in [5.41, 5.74) is 0. The summed E-state index contributed by atoms with van der Waals surface area (Å²) in [7, 11) is -3.49. The first-order chi connectivity index (χ1) is 13.7. The lowest BCUT2D eigenvalue weighted by molar-refractivity contribution is -0.134. The van der Waals surface area contributed by atoms with Crippen LogP contribution >= 0.6 is 0 Å². The highest BCUT2D eigenvalue weighted by atomic mass is 32.2. The molecule has 1 amide bonds. The molecule has 2 rings (SSSR count). The van der Waals surface area contributed by atoms with E-state index in [0.29, 0.717) is 70.9 Å². The first-order valence-corrected chi connectivity index (χ1v) is 12.4. The maximum absolute atomic E-state index is 13.2. The Hall–Kier alpha value is -0.740. The molecule has 2 heterocycles. The summed E-state index contributed by atoms with van der Waals surface area (Å²) in [5, 5.41) is 0. The van der Waals surface area contributed by atoms with Gasteiger partial charge in [0.25, 0.3) is 10.2 Å². The number of amides is 1. The van der Waals surface area contributed by atoms with Crippen molar-refractivity contribution in [2.24, 2.45) is 11.8 Å². The Morgan fingerprint density at radius 2 is 1.41 bits per heavy atom. The molecule has 0 N–H and O–H groups in total. The highest BCUT2D eigenvalue weighted by molar-refractivity contribution is 7.86. The zero-order valence-corrected chi connectivity index (χ0v) is 19.5. The van der Waals surface area contributed by atoms with Crippen molar-refractivity contribution < 1.29 is 17.9 Å². The Bertz CT molecular complexity index is 586. The molecule has 29 heavy (non-hydrogen) atoms. The summed E-state index contributed by atoms with van der Waals surface area (Å²) >= 11 is 0. The number of carbonyl (C=O) groups excluding carboxylic acids is 1. The average Bonchev–Trinajstić information content (AvgIpc) is 2.68. The van der Waals surface area contributed by atoms with E-state index >= 15 is 0 Å². The van der Waals surface area contributed by atoms with E-state index < -0.39 is 10.2 Å². The summed E-state index contributed by atoms with van der Waals surface area (Å²) < 4.78 is 35.0. The number of rotatable bonds is 10. The lowest BCUT2D eigenvalue weighted by Gasteiger charge is -2.38. The molecule has 170 valence electrons. The van der Waals surface area contributed by atoms with Crippen molar-refractivity contribution in [1.82, 2.24) is 18.4 Å². The van der Waals surface area contributed by atoms with Crippen molar-refractivity contribution in [1.29, 1.82) is 0 Å². The molecule has 0 unspecified atom stereocenters. The van der Waals surface area contributed by atoms with E-state index in [1.165, 1.54) is 0 Å². The molecule has 0 aromatic rings. The number of ether oxygens (including phenoxy) is 1. The van der Waals surface area contributed by atoms with Crippen LogP contribution in [0, 0.1) is 11.8 Å². The molecule has 2 fully saturated rings. The number of piperazine rings is 1. The minimum atomic E-state index is -3.49. The summed E-state index contributed by atoms with van der Waals surface area (Å²) in [6.45, 7) is 14.5. The van der Waals surface area contributed by atoms with E-state index in [-0.39, 0.29) is 5.91 Å². The topological polar surface area (TPSA) is 73.4 Å². The monoisotopic (exact) mass is 432 g/mol. The second-order valence-corrected chi connectivity index (χ2v) is 10.9. The lowest BCUT2D eigenvalue weighted by atomic mass is 10.1. The SMILES string of the molecule is CC(C)CCN(CCC(C)C)S(=O)(=O)N1CCN(C(=O)CN2CCOCC2)CC1. The van der Waals surface area contributed by atoms with Gasteiger partial charge >= 0.3 is 0 Å². The minimum Gasteiger partial charge on any atom is -0.379 e. The molecule has 0 bridgehead atoms. The molecule has 0 aromatic heterocycles. The van der Waals surface area contributed by atoms with Gasteiger partial charge in [-0.1, -0.05) is 27.7 Å².